The third kappa shape index (κ3) is 5.83. The molecule has 30 heavy (non-hydrogen) atoms. The Morgan fingerprint density at radius 1 is 1.10 bits per heavy atom. The number of aryl methyl sites for hydroxylation is 1. The molecule has 168 valence electrons. The van der Waals surface area contributed by atoms with Crippen molar-refractivity contribution in [2.75, 3.05) is 32.7 Å². The zero-order valence-electron chi connectivity index (χ0n) is 18.8. The molecule has 2 heterocycles. The lowest BCUT2D eigenvalue weighted by atomic mass is 9.91. The molecular weight excluding hydrogens is 398 g/mol. The van der Waals surface area contributed by atoms with Crippen LogP contribution in [0.25, 0.3) is 0 Å². The minimum atomic E-state index is -3.49. The van der Waals surface area contributed by atoms with Gasteiger partial charge in [0.15, 0.2) is 0 Å². The Hall–Kier alpha value is -1.44. The van der Waals surface area contributed by atoms with Crippen molar-refractivity contribution < 1.29 is 13.2 Å². The molecule has 0 bridgehead atoms. The summed E-state index contributed by atoms with van der Waals surface area (Å²) >= 11 is 0. The average Bonchev–Trinajstić information content (AvgIpc) is 2.67. The van der Waals surface area contributed by atoms with Gasteiger partial charge in [-0.05, 0) is 57.1 Å². The predicted octanol–water partition coefficient (Wildman–Crippen LogP) is 2.88. The van der Waals surface area contributed by atoms with E-state index in [0.717, 1.165) is 25.2 Å². The number of sulfonamides is 1. The number of carbonyl (C=O) groups is 1. The summed E-state index contributed by atoms with van der Waals surface area (Å²) in [7, 11) is -3.49. The molecule has 2 aliphatic heterocycles. The van der Waals surface area contributed by atoms with E-state index in [1.54, 1.807) is 12.1 Å². The molecular formula is C23H37N3O3S. The lowest BCUT2D eigenvalue weighted by Crippen LogP contribution is -2.49. The van der Waals surface area contributed by atoms with Crippen LogP contribution in [0, 0.1) is 24.7 Å². The van der Waals surface area contributed by atoms with Gasteiger partial charge >= 0.3 is 0 Å². The van der Waals surface area contributed by atoms with Gasteiger partial charge < -0.3 is 10.2 Å². The van der Waals surface area contributed by atoms with E-state index >= 15 is 0 Å². The van der Waals surface area contributed by atoms with Crippen molar-refractivity contribution in [2.45, 2.75) is 57.9 Å². The van der Waals surface area contributed by atoms with Crippen LogP contribution in [0.3, 0.4) is 0 Å². The first-order valence-electron chi connectivity index (χ1n) is 11.2. The van der Waals surface area contributed by atoms with Gasteiger partial charge in [-0.15, -0.1) is 0 Å². The van der Waals surface area contributed by atoms with Crippen LogP contribution in [-0.2, 0) is 14.8 Å². The van der Waals surface area contributed by atoms with E-state index in [4.69, 9.17) is 0 Å². The van der Waals surface area contributed by atoms with Gasteiger partial charge in [-0.1, -0.05) is 31.5 Å². The van der Waals surface area contributed by atoms with E-state index < -0.39 is 10.0 Å². The van der Waals surface area contributed by atoms with Crippen LogP contribution in [0.1, 0.15) is 45.6 Å². The minimum absolute atomic E-state index is 0.0630. The van der Waals surface area contributed by atoms with Crippen molar-refractivity contribution in [2.24, 2.45) is 17.8 Å². The summed E-state index contributed by atoms with van der Waals surface area (Å²) in [6, 6.07) is 7.06. The van der Waals surface area contributed by atoms with Crippen LogP contribution in [0.15, 0.2) is 29.2 Å². The Morgan fingerprint density at radius 3 is 2.23 bits per heavy atom. The Bertz CT molecular complexity index is 807. The highest BCUT2D eigenvalue weighted by Crippen LogP contribution is 2.25. The highest BCUT2D eigenvalue weighted by Gasteiger charge is 2.32. The molecule has 3 atom stereocenters. The maximum atomic E-state index is 12.8. The second kappa shape index (κ2) is 9.79. The first-order chi connectivity index (χ1) is 14.1. The van der Waals surface area contributed by atoms with Crippen molar-refractivity contribution in [3.05, 3.63) is 29.8 Å². The summed E-state index contributed by atoms with van der Waals surface area (Å²) in [5, 5.41) is 3.17. The molecule has 3 unspecified atom stereocenters. The Labute approximate surface area is 182 Å². The molecule has 3 rings (SSSR count). The summed E-state index contributed by atoms with van der Waals surface area (Å²) in [4.78, 5) is 15.5. The van der Waals surface area contributed by atoms with Crippen LogP contribution in [0.4, 0.5) is 0 Å². The molecule has 2 fully saturated rings. The smallest absolute Gasteiger partial charge is 0.243 e. The van der Waals surface area contributed by atoms with Crippen molar-refractivity contribution >= 4 is 15.9 Å². The zero-order chi connectivity index (χ0) is 21.9. The number of nitrogens with zero attached hydrogens (tertiary/aromatic N) is 2. The molecule has 2 aliphatic rings. The lowest BCUT2D eigenvalue weighted by molar-refractivity contribution is -0.126. The molecule has 0 saturated carbocycles. The summed E-state index contributed by atoms with van der Waals surface area (Å²) in [6.45, 7) is 12.5. The second-order valence-corrected chi connectivity index (χ2v) is 11.5. The Balaban J connectivity index is 1.48. The van der Waals surface area contributed by atoms with Gasteiger partial charge in [0.25, 0.3) is 0 Å². The maximum absolute atomic E-state index is 12.8. The number of rotatable bonds is 6. The molecule has 1 aromatic rings. The zero-order valence-corrected chi connectivity index (χ0v) is 19.6. The van der Waals surface area contributed by atoms with E-state index in [-0.39, 0.29) is 17.9 Å². The summed E-state index contributed by atoms with van der Waals surface area (Å²) in [6.07, 6.45) is 2.42. The van der Waals surface area contributed by atoms with Crippen LogP contribution in [0.5, 0.6) is 0 Å². The van der Waals surface area contributed by atoms with Gasteiger partial charge in [0.1, 0.15) is 0 Å². The van der Waals surface area contributed by atoms with Crippen LogP contribution < -0.4 is 5.32 Å². The number of piperidine rings is 2. The molecule has 0 aromatic heterocycles. The van der Waals surface area contributed by atoms with Crippen molar-refractivity contribution in [1.29, 1.82) is 0 Å². The molecule has 7 heteroatoms. The fourth-order valence-electron chi connectivity index (χ4n) is 4.95. The Morgan fingerprint density at radius 2 is 1.67 bits per heavy atom. The van der Waals surface area contributed by atoms with E-state index in [1.807, 2.05) is 19.1 Å². The number of benzene rings is 1. The van der Waals surface area contributed by atoms with Crippen molar-refractivity contribution in [3.8, 4) is 0 Å². The lowest BCUT2D eigenvalue weighted by Gasteiger charge is -2.37. The molecule has 0 radical (unpaired) electrons. The number of hydrogen-bond donors (Lipinski definition) is 1. The van der Waals surface area contributed by atoms with E-state index in [0.29, 0.717) is 42.7 Å². The molecule has 6 nitrogen and oxygen atoms in total. The summed E-state index contributed by atoms with van der Waals surface area (Å²) in [5.74, 6) is 1.36. The number of likely N-dealkylation sites (tertiary alicyclic amines) is 1. The molecule has 0 aliphatic carbocycles. The molecule has 1 aromatic carbocycles. The van der Waals surface area contributed by atoms with E-state index in [9.17, 15) is 13.2 Å². The number of hydrogen-bond acceptors (Lipinski definition) is 4. The fraction of sp³-hybridized carbons (Fsp3) is 0.696. The van der Waals surface area contributed by atoms with E-state index in [2.05, 4.69) is 31.0 Å². The third-order valence-electron chi connectivity index (χ3n) is 6.35. The first-order valence-corrected chi connectivity index (χ1v) is 12.7. The van der Waals surface area contributed by atoms with Gasteiger partial charge in [0, 0.05) is 44.7 Å². The fourth-order valence-corrected chi connectivity index (χ4v) is 6.42. The predicted molar refractivity (Wildman–Crippen MR) is 120 cm³/mol. The van der Waals surface area contributed by atoms with Crippen LogP contribution in [-0.4, -0.2) is 62.3 Å². The van der Waals surface area contributed by atoms with Crippen LogP contribution >= 0.6 is 0 Å². The second-order valence-electron chi connectivity index (χ2n) is 9.57. The maximum Gasteiger partial charge on any atom is 0.243 e. The third-order valence-corrected chi connectivity index (χ3v) is 8.26. The first kappa shape index (κ1) is 23.2. The number of amides is 1. The molecule has 0 spiro atoms. The highest BCUT2D eigenvalue weighted by atomic mass is 32.2. The SMILES string of the molecule is Cc1ccc(S(=O)(=O)N2CCC(C(=O)NC(C)CN3CC(C)CC(C)C3)CC2)cc1. The van der Waals surface area contributed by atoms with Gasteiger partial charge in [0.05, 0.1) is 4.90 Å². The number of carbonyl (C=O) groups excluding carboxylic acids is 1. The highest BCUT2D eigenvalue weighted by molar-refractivity contribution is 7.89. The van der Waals surface area contributed by atoms with E-state index in [1.165, 1.54) is 10.7 Å². The van der Waals surface area contributed by atoms with Crippen molar-refractivity contribution in [1.82, 2.24) is 14.5 Å². The minimum Gasteiger partial charge on any atom is -0.352 e. The van der Waals surface area contributed by atoms with Gasteiger partial charge in [-0.3, -0.25) is 4.79 Å². The Kier molecular flexibility index (Phi) is 7.58. The normalized spacial score (nSPS) is 25.7. The van der Waals surface area contributed by atoms with Gasteiger partial charge in [0.2, 0.25) is 15.9 Å². The average molecular weight is 436 g/mol. The standard InChI is InChI=1S/C23H37N3O3S/c1-17-5-7-22(8-6-17)30(28,29)26-11-9-21(10-12-26)23(27)24-20(4)16-25-14-18(2)13-19(3)15-25/h5-8,18-21H,9-16H2,1-4H3,(H,24,27). The molecule has 1 N–H and O–H groups in total. The topological polar surface area (TPSA) is 69.7 Å². The molecule has 2 saturated heterocycles. The van der Waals surface area contributed by atoms with Gasteiger partial charge in [-0.25, -0.2) is 8.42 Å². The largest absolute Gasteiger partial charge is 0.352 e. The monoisotopic (exact) mass is 435 g/mol. The molecule has 1 amide bonds. The van der Waals surface area contributed by atoms with Crippen LogP contribution in [0.2, 0.25) is 0 Å². The van der Waals surface area contributed by atoms with Crippen molar-refractivity contribution in [3.63, 3.8) is 0 Å². The summed E-state index contributed by atoms with van der Waals surface area (Å²) < 4.78 is 27.2. The summed E-state index contributed by atoms with van der Waals surface area (Å²) in [5.41, 5.74) is 1.03. The van der Waals surface area contributed by atoms with Gasteiger partial charge in [-0.2, -0.15) is 4.31 Å². The number of nitrogens with one attached hydrogen (secondary N) is 1. The quantitative estimate of drug-likeness (QED) is 0.746.